The topological polar surface area (TPSA) is 30.7 Å². The molecule has 3 rings (SSSR count). The summed E-state index contributed by atoms with van der Waals surface area (Å²) in [5, 5.41) is 8.29. The number of rotatable bonds is 4. The van der Waals surface area contributed by atoms with E-state index in [1.807, 2.05) is 4.68 Å². The Balaban J connectivity index is 1.66. The molecular formula is C16H21N3. The highest BCUT2D eigenvalue weighted by Crippen LogP contribution is 2.22. The zero-order valence-corrected chi connectivity index (χ0v) is 11.6. The van der Waals surface area contributed by atoms with Crippen LogP contribution in [0.15, 0.2) is 24.4 Å². The molecule has 19 heavy (non-hydrogen) atoms. The van der Waals surface area contributed by atoms with Gasteiger partial charge in [0.25, 0.3) is 0 Å². The molecule has 1 aromatic heterocycles. The van der Waals surface area contributed by atoms with Crippen LogP contribution in [0, 0.1) is 0 Å². The van der Waals surface area contributed by atoms with Gasteiger partial charge >= 0.3 is 0 Å². The van der Waals surface area contributed by atoms with Gasteiger partial charge in [-0.1, -0.05) is 23.4 Å². The molecule has 0 spiro atoms. The van der Waals surface area contributed by atoms with Gasteiger partial charge in [-0.25, -0.2) is 0 Å². The van der Waals surface area contributed by atoms with E-state index in [4.69, 9.17) is 0 Å². The van der Waals surface area contributed by atoms with Crippen LogP contribution >= 0.6 is 0 Å². The van der Waals surface area contributed by atoms with Gasteiger partial charge in [0, 0.05) is 12.7 Å². The molecule has 0 fully saturated rings. The van der Waals surface area contributed by atoms with E-state index >= 15 is 0 Å². The number of fused-ring (bicyclic) bond motifs is 1. The molecule has 0 amide bonds. The summed E-state index contributed by atoms with van der Waals surface area (Å²) in [6, 6.07) is 7.01. The average molecular weight is 255 g/mol. The fraction of sp³-hybridized carbons (Fsp3) is 0.500. The van der Waals surface area contributed by atoms with Crippen LogP contribution in [0.4, 0.5) is 0 Å². The molecular weight excluding hydrogens is 234 g/mol. The van der Waals surface area contributed by atoms with Gasteiger partial charge in [-0.2, -0.15) is 0 Å². The Hall–Kier alpha value is -1.64. The Bertz CT molecular complexity index is 557. The van der Waals surface area contributed by atoms with Crippen molar-refractivity contribution in [3.63, 3.8) is 0 Å². The number of hydrogen-bond acceptors (Lipinski definition) is 2. The van der Waals surface area contributed by atoms with E-state index in [-0.39, 0.29) is 0 Å². The summed E-state index contributed by atoms with van der Waals surface area (Å²) in [5.74, 6) is 0. The van der Waals surface area contributed by atoms with E-state index in [9.17, 15) is 0 Å². The van der Waals surface area contributed by atoms with Crippen LogP contribution < -0.4 is 0 Å². The second-order valence-corrected chi connectivity index (χ2v) is 5.38. The second kappa shape index (κ2) is 5.55. The number of hydrogen-bond donors (Lipinski definition) is 0. The zero-order valence-electron chi connectivity index (χ0n) is 11.6. The number of aromatic nitrogens is 3. The van der Waals surface area contributed by atoms with Crippen LogP contribution in [0.2, 0.25) is 0 Å². The van der Waals surface area contributed by atoms with Gasteiger partial charge in [0.15, 0.2) is 0 Å². The third-order valence-corrected chi connectivity index (χ3v) is 3.99. The first-order valence-corrected chi connectivity index (χ1v) is 7.35. The van der Waals surface area contributed by atoms with Crippen molar-refractivity contribution in [2.75, 3.05) is 0 Å². The molecule has 1 aromatic carbocycles. The summed E-state index contributed by atoms with van der Waals surface area (Å²) in [5.41, 5.74) is 5.67. The summed E-state index contributed by atoms with van der Waals surface area (Å²) in [4.78, 5) is 0. The monoisotopic (exact) mass is 255 g/mol. The summed E-state index contributed by atoms with van der Waals surface area (Å²) >= 11 is 0. The molecule has 100 valence electrons. The maximum absolute atomic E-state index is 4.20. The zero-order chi connectivity index (χ0) is 13.1. The van der Waals surface area contributed by atoms with Gasteiger partial charge in [0.05, 0.1) is 5.69 Å². The van der Waals surface area contributed by atoms with E-state index in [1.165, 1.54) is 31.2 Å². The number of nitrogens with zero attached hydrogens (tertiary/aromatic N) is 3. The molecule has 0 saturated heterocycles. The molecule has 0 saturated carbocycles. The number of aryl methyl sites for hydroxylation is 5. The smallest absolute Gasteiger partial charge is 0.0830 e. The van der Waals surface area contributed by atoms with E-state index in [0.717, 1.165) is 25.1 Å². The molecule has 1 aliphatic rings. The maximum Gasteiger partial charge on any atom is 0.0830 e. The SMILES string of the molecule is CCn1cc(CCc2ccc3c(c2)CCCC3)nn1. The fourth-order valence-electron chi connectivity index (χ4n) is 2.82. The van der Waals surface area contributed by atoms with Crippen LogP contribution in [0.1, 0.15) is 42.1 Å². The Kier molecular flexibility index (Phi) is 3.62. The van der Waals surface area contributed by atoms with Crippen molar-refractivity contribution in [1.29, 1.82) is 0 Å². The lowest BCUT2D eigenvalue weighted by molar-refractivity contribution is 0.626. The normalized spacial score (nSPS) is 14.4. The minimum absolute atomic E-state index is 0.895. The van der Waals surface area contributed by atoms with Crippen LogP contribution in [0.5, 0.6) is 0 Å². The second-order valence-electron chi connectivity index (χ2n) is 5.38. The summed E-state index contributed by atoms with van der Waals surface area (Å²) in [6.45, 7) is 2.98. The van der Waals surface area contributed by atoms with E-state index in [0.29, 0.717) is 0 Å². The molecule has 1 heterocycles. The first-order chi connectivity index (χ1) is 9.35. The van der Waals surface area contributed by atoms with E-state index in [1.54, 1.807) is 11.1 Å². The Labute approximate surface area is 114 Å². The Morgan fingerprint density at radius 1 is 1.11 bits per heavy atom. The molecule has 1 aliphatic carbocycles. The highest BCUT2D eigenvalue weighted by molar-refractivity contribution is 5.34. The Morgan fingerprint density at radius 3 is 2.74 bits per heavy atom. The molecule has 0 atom stereocenters. The van der Waals surface area contributed by atoms with Gasteiger partial charge in [-0.3, -0.25) is 4.68 Å². The standard InChI is InChI=1S/C16H21N3/c1-2-19-12-16(17-18-19)10-8-13-7-9-14-5-3-4-6-15(14)11-13/h7,9,11-12H,2-6,8,10H2,1H3. The molecule has 2 aromatic rings. The van der Waals surface area contributed by atoms with Gasteiger partial charge in [0.1, 0.15) is 0 Å². The Morgan fingerprint density at radius 2 is 1.95 bits per heavy atom. The largest absolute Gasteiger partial charge is 0.253 e. The lowest BCUT2D eigenvalue weighted by Gasteiger charge is -2.16. The first kappa shape index (κ1) is 12.4. The summed E-state index contributed by atoms with van der Waals surface area (Å²) in [7, 11) is 0. The molecule has 0 radical (unpaired) electrons. The van der Waals surface area contributed by atoms with Crippen molar-refractivity contribution in [3.8, 4) is 0 Å². The van der Waals surface area contributed by atoms with Gasteiger partial charge < -0.3 is 0 Å². The van der Waals surface area contributed by atoms with Crippen LogP contribution in [-0.2, 0) is 32.2 Å². The van der Waals surface area contributed by atoms with E-state index < -0.39 is 0 Å². The fourth-order valence-corrected chi connectivity index (χ4v) is 2.82. The minimum Gasteiger partial charge on any atom is -0.253 e. The third kappa shape index (κ3) is 2.86. The summed E-state index contributed by atoms with van der Waals surface area (Å²) < 4.78 is 1.89. The molecule has 0 aliphatic heterocycles. The van der Waals surface area contributed by atoms with Crippen molar-refractivity contribution in [1.82, 2.24) is 15.0 Å². The number of benzene rings is 1. The van der Waals surface area contributed by atoms with Crippen LogP contribution in [0.25, 0.3) is 0 Å². The molecule has 3 nitrogen and oxygen atoms in total. The molecule has 0 N–H and O–H groups in total. The first-order valence-electron chi connectivity index (χ1n) is 7.35. The predicted molar refractivity (Wildman–Crippen MR) is 76.2 cm³/mol. The van der Waals surface area contributed by atoms with Crippen LogP contribution in [-0.4, -0.2) is 15.0 Å². The lowest BCUT2D eigenvalue weighted by Crippen LogP contribution is -2.03. The maximum atomic E-state index is 4.20. The van der Waals surface area contributed by atoms with Crippen molar-refractivity contribution < 1.29 is 0 Å². The van der Waals surface area contributed by atoms with E-state index in [2.05, 4.69) is 41.6 Å². The third-order valence-electron chi connectivity index (χ3n) is 3.99. The average Bonchev–Trinajstić information content (AvgIpc) is 2.93. The quantitative estimate of drug-likeness (QED) is 0.841. The molecule has 3 heteroatoms. The minimum atomic E-state index is 0.895. The van der Waals surface area contributed by atoms with Crippen LogP contribution in [0.3, 0.4) is 0 Å². The van der Waals surface area contributed by atoms with Gasteiger partial charge in [-0.15, -0.1) is 5.10 Å². The van der Waals surface area contributed by atoms with Crippen molar-refractivity contribution in [2.45, 2.75) is 52.0 Å². The van der Waals surface area contributed by atoms with Gasteiger partial charge in [-0.05, 0) is 62.1 Å². The predicted octanol–water partition coefficient (Wildman–Crippen LogP) is 2.96. The summed E-state index contributed by atoms with van der Waals surface area (Å²) in [6.07, 6.45) is 9.33. The van der Waals surface area contributed by atoms with Crippen molar-refractivity contribution in [2.24, 2.45) is 0 Å². The van der Waals surface area contributed by atoms with Gasteiger partial charge in [0.2, 0.25) is 0 Å². The highest BCUT2D eigenvalue weighted by atomic mass is 15.4. The highest BCUT2D eigenvalue weighted by Gasteiger charge is 2.09. The molecule has 0 bridgehead atoms. The van der Waals surface area contributed by atoms with Crippen molar-refractivity contribution >= 4 is 0 Å². The van der Waals surface area contributed by atoms with Crippen molar-refractivity contribution in [3.05, 3.63) is 46.8 Å². The molecule has 0 unspecified atom stereocenters. The lowest BCUT2D eigenvalue weighted by atomic mass is 9.89.